The Labute approximate surface area is 155 Å². The standard InChI is InChI=1S/C22H26N2O2/c1-16(24(2)22(26)18-11-6-7-12-18)19-13-8-14-20(15-19)23-21(25)17-9-4-3-5-10-17/h3-5,8-10,13-16,18H,6-7,11-12H2,1-2H3,(H,23,25)/t16-/m0/s1. The Kier molecular flexibility index (Phi) is 5.71. The van der Waals surface area contributed by atoms with Crippen LogP contribution in [0.15, 0.2) is 54.6 Å². The van der Waals surface area contributed by atoms with Crippen LogP contribution in [0.2, 0.25) is 0 Å². The molecule has 0 radical (unpaired) electrons. The molecule has 0 saturated heterocycles. The second kappa shape index (κ2) is 8.17. The second-order valence-electron chi connectivity index (χ2n) is 7.05. The molecule has 4 nitrogen and oxygen atoms in total. The molecule has 0 unspecified atom stereocenters. The number of amides is 2. The predicted molar refractivity (Wildman–Crippen MR) is 104 cm³/mol. The Morgan fingerprint density at radius 1 is 1.04 bits per heavy atom. The third-order valence-electron chi connectivity index (χ3n) is 5.30. The van der Waals surface area contributed by atoms with Crippen LogP contribution in [-0.2, 0) is 4.79 Å². The summed E-state index contributed by atoms with van der Waals surface area (Å²) in [5, 5.41) is 2.93. The van der Waals surface area contributed by atoms with E-state index in [1.165, 1.54) is 0 Å². The fraction of sp³-hybridized carbons (Fsp3) is 0.364. The highest BCUT2D eigenvalue weighted by molar-refractivity contribution is 6.04. The molecular formula is C22H26N2O2. The number of nitrogens with one attached hydrogen (secondary N) is 1. The van der Waals surface area contributed by atoms with Crippen molar-refractivity contribution in [2.45, 2.75) is 38.6 Å². The van der Waals surface area contributed by atoms with E-state index < -0.39 is 0 Å². The maximum atomic E-state index is 12.7. The summed E-state index contributed by atoms with van der Waals surface area (Å²) in [6.45, 7) is 2.03. The second-order valence-corrected chi connectivity index (χ2v) is 7.05. The van der Waals surface area contributed by atoms with Crippen LogP contribution in [-0.4, -0.2) is 23.8 Å². The zero-order chi connectivity index (χ0) is 18.5. The van der Waals surface area contributed by atoms with E-state index in [-0.39, 0.29) is 23.8 Å². The van der Waals surface area contributed by atoms with Gasteiger partial charge in [0.05, 0.1) is 6.04 Å². The molecule has 1 saturated carbocycles. The van der Waals surface area contributed by atoms with Crippen molar-refractivity contribution in [2.24, 2.45) is 5.92 Å². The first-order valence-corrected chi connectivity index (χ1v) is 9.29. The highest BCUT2D eigenvalue weighted by Gasteiger charge is 2.28. The van der Waals surface area contributed by atoms with E-state index in [0.29, 0.717) is 5.56 Å². The number of hydrogen-bond acceptors (Lipinski definition) is 2. The number of anilines is 1. The Balaban J connectivity index is 1.70. The van der Waals surface area contributed by atoms with E-state index in [1.54, 1.807) is 12.1 Å². The Morgan fingerprint density at radius 2 is 1.73 bits per heavy atom. The molecule has 1 N–H and O–H groups in total. The average molecular weight is 350 g/mol. The van der Waals surface area contributed by atoms with Gasteiger partial charge in [-0.3, -0.25) is 9.59 Å². The van der Waals surface area contributed by atoms with Crippen LogP contribution in [0, 0.1) is 5.92 Å². The summed E-state index contributed by atoms with van der Waals surface area (Å²) in [5.41, 5.74) is 2.38. The largest absolute Gasteiger partial charge is 0.339 e. The van der Waals surface area contributed by atoms with Crippen LogP contribution >= 0.6 is 0 Å². The fourth-order valence-electron chi connectivity index (χ4n) is 3.54. The van der Waals surface area contributed by atoms with Gasteiger partial charge in [-0.25, -0.2) is 0 Å². The van der Waals surface area contributed by atoms with Gasteiger partial charge in [-0.05, 0) is 49.6 Å². The summed E-state index contributed by atoms with van der Waals surface area (Å²) in [5.74, 6) is 0.267. The van der Waals surface area contributed by atoms with Crippen LogP contribution in [0.25, 0.3) is 0 Å². The lowest BCUT2D eigenvalue weighted by atomic mass is 10.0. The molecule has 1 aliphatic rings. The van der Waals surface area contributed by atoms with Crippen molar-refractivity contribution in [3.05, 3.63) is 65.7 Å². The van der Waals surface area contributed by atoms with Crippen LogP contribution < -0.4 is 5.32 Å². The van der Waals surface area contributed by atoms with Crippen LogP contribution in [0.5, 0.6) is 0 Å². The fourth-order valence-corrected chi connectivity index (χ4v) is 3.54. The zero-order valence-corrected chi connectivity index (χ0v) is 15.4. The van der Waals surface area contributed by atoms with Gasteiger partial charge in [0.15, 0.2) is 0 Å². The lowest BCUT2D eigenvalue weighted by Gasteiger charge is -2.28. The number of benzene rings is 2. The van der Waals surface area contributed by atoms with Gasteiger partial charge in [-0.1, -0.05) is 43.2 Å². The van der Waals surface area contributed by atoms with Gasteiger partial charge >= 0.3 is 0 Å². The van der Waals surface area contributed by atoms with Crippen LogP contribution in [0.4, 0.5) is 5.69 Å². The molecule has 2 amide bonds. The molecule has 1 aliphatic carbocycles. The van der Waals surface area contributed by atoms with Crippen LogP contribution in [0.1, 0.15) is 54.6 Å². The lowest BCUT2D eigenvalue weighted by molar-refractivity contribution is -0.135. The van der Waals surface area contributed by atoms with Crippen molar-refractivity contribution in [2.75, 3.05) is 12.4 Å². The first kappa shape index (κ1) is 18.2. The molecule has 1 fully saturated rings. The summed E-state index contributed by atoms with van der Waals surface area (Å²) in [6.07, 6.45) is 4.31. The Hall–Kier alpha value is -2.62. The summed E-state index contributed by atoms with van der Waals surface area (Å²) in [7, 11) is 1.88. The third-order valence-corrected chi connectivity index (χ3v) is 5.30. The van der Waals surface area contributed by atoms with Crippen molar-refractivity contribution in [1.29, 1.82) is 0 Å². The summed E-state index contributed by atoms with van der Waals surface area (Å²) in [6, 6.07) is 16.9. The lowest BCUT2D eigenvalue weighted by Crippen LogP contribution is -2.34. The van der Waals surface area contributed by atoms with Gasteiger partial charge in [0.25, 0.3) is 5.91 Å². The molecule has 3 rings (SSSR count). The van der Waals surface area contributed by atoms with Gasteiger partial charge in [-0.2, -0.15) is 0 Å². The van der Waals surface area contributed by atoms with Gasteiger partial charge in [0.1, 0.15) is 0 Å². The van der Waals surface area contributed by atoms with E-state index in [0.717, 1.165) is 36.9 Å². The van der Waals surface area contributed by atoms with Gasteiger partial charge < -0.3 is 10.2 Å². The molecule has 0 bridgehead atoms. The Bertz CT molecular complexity index is 767. The summed E-state index contributed by atoms with van der Waals surface area (Å²) >= 11 is 0. The van der Waals surface area contributed by atoms with E-state index >= 15 is 0 Å². The molecule has 0 aliphatic heterocycles. The van der Waals surface area contributed by atoms with E-state index in [4.69, 9.17) is 0 Å². The number of carbonyl (C=O) groups is 2. The molecule has 0 aromatic heterocycles. The van der Waals surface area contributed by atoms with E-state index in [2.05, 4.69) is 5.32 Å². The summed E-state index contributed by atoms with van der Waals surface area (Å²) < 4.78 is 0. The molecule has 2 aromatic carbocycles. The highest BCUT2D eigenvalue weighted by atomic mass is 16.2. The molecule has 2 aromatic rings. The van der Waals surface area contributed by atoms with Crippen molar-refractivity contribution < 1.29 is 9.59 Å². The quantitative estimate of drug-likeness (QED) is 0.853. The monoisotopic (exact) mass is 350 g/mol. The molecule has 1 atom stereocenters. The molecule has 26 heavy (non-hydrogen) atoms. The number of carbonyl (C=O) groups excluding carboxylic acids is 2. The normalized spacial score (nSPS) is 15.5. The van der Waals surface area contributed by atoms with Crippen molar-refractivity contribution in [3.8, 4) is 0 Å². The van der Waals surface area contributed by atoms with Crippen molar-refractivity contribution >= 4 is 17.5 Å². The van der Waals surface area contributed by atoms with Crippen LogP contribution in [0.3, 0.4) is 0 Å². The smallest absolute Gasteiger partial charge is 0.255 e. The van der Waals surface area contributed by atoms with Gasteiger partial charge in [-0.15, -0.1) is 0 Å². The number of hydrogen-bond donors (Lipinski definition) is 1. The molecule has 4 heteroatoms. The molecular weight excluding hydrogens is 324 g/mol. The average Bonchev–Trinajstić information content (AvgIpc) is 3.22. The summed E-state index contributed by atoms with van der Waals surface area (Å²) in [4.78, 5) is 26.8. The number of rotatable bonds is 5. The minimum Gasteiger partial charge on any atom is -0.339 e. The SMILES string of the molecule is C[C@@H](c1cccc(NC(=O)c2ccccc2)c1)N(C)C(=O)C1CCCC1. The first-order chi connectivity index (χ1) is 12.6. The Morgan fingerprint density at radius 3 is 2.42 bits per heavy atom. The molecule has 0 heterocycles. The third kappa shape index (κ3) is 4.13. The topological polar surface area (TPSA) is 49.4 Å². The predicted octanol–water partition coefficient (Wildman–Crippen LogP) is 4.65. The minimum absolute atomic E-state index is 0.0309. The first-order valence-electron chi connectivity index (χ1n) is 9.29. The van der Waals surface area contributed by atoms with Gasteiger partial charge in [0.2, 0.25) is 5.91 Å². The zero-order valence-electron chi connectivity index (χ0n) is 15.4. The van der Waals surface area contributed by atoms with Crippen molar-refractivity contribution in [3.63, 3.8) is 0 Å². The number of nitrogens with zero attached hydrogens (tertiary/aromatic N) is 1. The maximum absolute atomic E-state index is 12.7. The minimum atomic E-state index is -0.134. The van der Waals surface area contributed by atoms with Crippen molar-refractivity contribution in [1.82, 2.24) is 4.90 Å². The molecule has 136 valence electrons. The van der Waals surface area contributed by atoms with E-state index in [1.807, 2.05) is 61.3 Å². The highest BCUT2D eigenvalue weighted by Crippen LogP contribution is 2.30. The van der Waals surface area contributed by atoms with E-state index in [9.17, 15) is 9.59 Å². The van der Waals surface area contributed by atoms with Gasteiger partial charge in [0, 0.05) is 24.2 Å². The maximum Gasteiger partial charge on any atom is 0.255 e. The molecule has 0 spiro atoms.